The first-order valence-electron chi connectivity index (χ1n) is 8.11. The summed E-state index contributed by atoms with van der Waals surface area (Å²) in [6, 6.07) is 9.58. The van der Waals surface area contributed by atoms with Gasteiger partial charge in [0.25, 0.3) is 0 Å². The molecule has 0 aliphatic heterocycles. The molecule has 1 nitrogen and oxygen atoms in total. The second kappa shape index (κ2) is 6.09. The highest BCUT2D eigenvalue weighted by Crippen LogP contribution is 2.43. The molecule has 2 saturated carbocycles. The zero-order chi connectivity index (χ0) is 13.1. The van der Waals surface area contributed by atoms with Gasteiger partial charge in [-0.15, -0.1) is 0 Å². The number of aryl methyl sites for hydroxylation is 1. The van der Waals surface area contributed by atoms with Crippen molar-refractivity contribution in [1.29, 1.82) is 0 Å². The second-order valence-electron chi connectivity index (χ2n) is 6.59. The first-order valence-corrected chi connectivity index (χ1v) is 8.11. The monoisotopic (exact) mass is 257 g/mol. The van der Waals surface area contributed by atoms with E-state index in [0.717, 1.165) is 24.4 Å². The van der Waals surface area contributed by atoms with Crippen LogP contribution >= 0.6 is 0 Å². The molecule has 0 saturated heterocycles. The van der Waals surface area contributed by atoms with Gasteiger partial charge in [0.2, 0.25) is 0 Å². The molecule has 104 valence electrons. The van der Waals surface area contributed by atoms with Gasteiger partial charge in [-0.2, -0.15) is 0 Å². The van der Waals surface area contributed by atoms with E-state index in [9.17, 15) is 0 Å². The molecule has 0 spiro atoms. The lowest BCUT2D eigenvalue weighted by atomic mass is 9.82. The lowest BCUT2D eigenvalue weighted by Crippen LogP contribution is -2.35. The summed E-state index contributed by atoms with van der Waals surface area (Å²) in [4.78, 5) is 0. The standard InChI is InChI=1S/C18H27N/c1-14-5-2-3-6-15(14)11-12-19-18-8-4-7-17(13-18)16-9-10-16/h2-3,5-6,16-19H,4,7-13H2,1H3. The van der Waals surface area contributed by atoms with E-state index in [0.29, 0.717) is 0 Å². The maximum Gasteiger partial charge on any atom is 0.00699 e. The molecule has 0 bridgehead atoms. The van der Waals surface area contributed by atoms with E-state index in [1.54, 1.807) is 0 Å². The fourth-order valence-electron chi connectivity index (χ4n) is 3.71. The van der Waals surface area contributed by atoms with E-state index in [1.807, 2.05) is 0 Å². The third kappa shape index (κ3) is 3.60. The zero-order valence-corrected chi connectivity index (χ0v) is 12.2. The number of hydrogen-bond acceptors (Lipinski definition) is 1. The van der Waals surface area contributed by atoms with Crippen molar-refractivity contribution < 1.29 is 0 Å². The van der Waals surface area contributed by atoms with Crippen LogP contribution in [0.5, 0.6) is 0 Å². The van der Waals surface area contributed by atoms with Crippen molar-refractivity contribution in [3.05, 3.63) is 35.4 Å². The van der Waals surface area contributed by atoms with Crippen molar-refractivity contribution >= 4 is 0 Å². The van der Waals surface area contributed by atoms with Gasteiger partial charge in [0.15, 0.2) is 0 Å². The minimum Gasteiger partial charge on any atom is -0.314 e. The van der Waals surface area contributed by atoms with Crippen LogP contribution in [0.25, 0.3) is 0 Å². The highest BCUT2D eigenvalue weighted by atomic mass is 14.9. The van der Waals surface area contributed by atoms with Gasteiger partial charge < -0.3 is 5.32 Å². The summed E-state index contributed by atoms with van der Waals surface area (Å²) in [5.74, 6) is 2.14. The largest absolute Gasteiger partial charge is 0.314 e. The fourth-order valence-corrected chi connectivity index (χ4v) is 3.71. The average molecular weight is 257 g/mol. The van der Waals surface area contributed by atoms with Crippen LogP contribution in [0.2, 0.25) is 0 Å². The summed E-state index contributed by atoms with van der Waals surface area (Å²) < 4.78 is 0. The van der Waals surface area contributed by atoms with Crippen molar-refractivity contribution in [3.63, 3.8) is 0 Å². The third-order valence-electron chi connectivity index (χ3n) is 5.09. The van der Waals surface area contributed by atoms with Gasteiger partial charge in [0.1, 0.15) is 0 Å². The van der Waals surface area contributed by atoms with Gasteiger partial charge in [-0.3, -0.25) is 0 Å². The van der Waals surface area contributed by atoms with Crippen LogP contribution in [-0.2, 0) is 6.42 Å². The SMILES string of the molecule is Cc1ccccc1CCNC1CCCC(C2CC2)C1. The summed E-state index contributed by atoms with van der Waals surface area (Å²) in [6.07, 6.45) is 10.00. The lowest BCUT2D eigenvalue weighted by Gasteiger charge is -2.30. The molecule has 0 radical (unpaired) electrons. The summed E-state index contributed by atoms with van der Waals surface area (Å²) >= 11 is 0. The van der Waals surface area contributed by atoms with Gasteiger partial charge in [0.05, 0.1) is 0 Å². The number of rotatable bonds is 5. The number of benzene rings is 1. The molecule has 0 amide bonds. The Morgan fingerprint density at radius 1 is 1.05 bits per heavy atom. The van der Waals surface area contributed by atoms with Crippen molar-refractivity contribution in [3.8, 4) is 0 Å². The summed E-state index contributed by atoms with van der Waals surface area (Å²) in [7, 11) is 0. The predicted octanol–water partition coefficient (Wildman–Crippen LogP) is 4.10. The summed E-state index contributed by atoms with van der Waals surface area (Å²) in [6.45, 7) is 3.37. The maximum absolute atomic E-state index is 3.81. The molecular formula is C18H27N. The minimum absolute atomic E-state index is 0.795. The summed E-state index contributed by atoms with van der Waals surface area (Å²) in [5, 5.41) is 3.81. The summed E-state index contributed by atoms with van der Waals surface area (Å²) in [5.41, 5.74) is 2.94. The lowest BCUT2D eigenvalue weighted by molar-refractivity contribution is 0.262. The van der Waals surface area contributed by atoms with Crippen LogP contribution in [0, 0.1) is 18.8 Å². The van der Waals surface area contributed by atoms with Gasteiger partial charge in [-0.25, -0.2) is 0 Å². The van der Waals surface area contributed by atoms with Gasteiger partial charge in [-0.1, -0.05) is 37.1 Å². The van der Waals surface area contributed by atoms with Crippen LogP contribution in [0.3, 0.4) is 0 Å². The molecule has 2 aliphatic rings. The Hall–Kier alpha value is -0.820. The van der Waals surface area contributed by atoms with E-state index >= 15 is 0 Å². The minimum atomic E-state index is 0.795. The van der Waals surface area contributed by atoms with Crippen LogP contribution in [0.1, 0.15) is 49.7 Å². The molecule has 2 unspecified atom stereocenters. The van der Waals surface area contributed by atoms with Crippen molar-refractivity contribution in [2.75, 3.05) is 6.54 Å². The van der Waals surface area contributed by atoms with Gasteiger partial charge in [-0.05, 0) is 68.5 Å². The normalized spacial score (nSPS) is 27.4. The average Bonchev–Trinajstić information content (AvgIpc) is 3.26. The Balaban J connectivity index is 1.43. The topological polar surface area (TPSA) is 12.0 Å². The molecule has 0 heterocycles. The van der Waals surface area contributed by atoms with E-state index in [-0.39, 0.29) is 0 Å². The fraction of sp³-hybridized carbons (Fsp3) is 0.667. The molecule has 1 aromatic carbocycles. The molecule has 3 rings (SSSR count). The maximum atomic E-state index is 3.81. The van der Waals surface area contributed by atoms with Crippen molar-refractivity contribution in [2.45, 2.75) is 57.9 Å². The van der Waals surface area contributed by atoms with Crippen molar-refractivity contribution in [1.82, 2.24) is 5.32 Å². The Bertz CT molecular complexity index is 408. The van der Waals surface area contributed by atoms with E-state index in [4.69, 9.17) is 0 Å². The molecule has 1 aromatic rings. The number of nitrogens with one attached hydrogen (secondary N) is 1. The predicted molar refractivity (Wildman–Crippen MR) is 81.4 cm³/mol. The highest BCUT2D eigenvalue weighted by molar-refractivity contribution is 5.25. The molecule has 2 fully saturated rings. The van der Waals surface area contributed by atoms with Gasteiger partial charge in [0, 0.05) is 6.04 Å². The smallest absolute Gasteiger partial charge is 0.00699 e. The third-order valence-corrected chi connectivity index (χ3v) is 5.09. The van der Waals surface area contributed by atoms with Gasteiger partial charge >= 0.3 is 0 Å². The Morgan fingerprint density at radius 3 is 2.68 bits per heavy atom. The van der Waals surface area contributed by atoms with Crippen LogP contribution in [0.15, 0.2) is 24.3 Å². The van der Waals surface area contributed by atoms with Crippen LogP contribution in [-0.4, -0.2) is 12.6 Å². The van der Waals surface area contributed by atoms with E-state index in [1.165, 1.54) is 56.1 Å². The second-order valence-corrected chi connectivity index (χ2v) is 6.59. The molecule has 2 aliphatic carbocycles. The molecule has 1 N–H and O–H groups in total. The molecule has 1 heteroatoms. The Kier molecular flexibility index (Phi) is 4.22. The molecule has 2 atom stereocenters. The van der Waals surface area contributed by atoms with Crippen LogP contribution in [0.4, 0.5) is 0 Å². The van der Waals surface area contributed by atoms with Crippen molar-refractivity contribution in [2.24, 2.45) is 11.8 Å². The highest BCUT2D eigenvalue weighted by Gasteiger charge is 2.34. The Labute approximate surface area is 117 Å². The zero-order valence-electron chi connectivity index (χ0n) is 12.2. The van der Waals surface area contributed by atoms with E-state index < -0.39 is 0 Å². The number of hydrogen-bond donors (Lipinski definition) is 1. The molecular weight excluding hydrogens is 230 g/mol. The van der Waals surface area contributed by atoms with E-state index in [2.05, 4.69) is 36.5 Å². The molecule has 0 aromatic heterocycles. The Morgan fingerprint density at radius 2 is 1.89 bits per heavy atom. The first-order chi connectivity index (χ1) is 9.33. The quantitative estimate of drug-likeness (QED) is 0.837. The molecule has 19 heavy (non-hydrogen) atoms. The van der Waals surface area contributed by atoms with Crippen LogP contribution < -0.4 is 5.32 Å². The first kappa shape index (κ1) is 13.2.